The monoisotopic (exact) mass is 744 g/mol. The Hall–Kier alpha value is -1.85. The summed E-state index contributed by atoms with van der Waals surface area (Å²) in [5, 5.41) is 18.3. The highest BCUT2D eigenvalue weighted by Crippen LogP contribution is 2.43. The van der Waals surface area contributed by atoms with Crippen LogP contribution in [0.4, 0.5) is 0 Å². The number of epoxide rings is 1. The van der Waals surface area contributed by atoms with E-state index in [9.17, 15) is 24.2 Å². The van der Waals surface area contributed by atoms with Gasteiger partial charge in [-0.05, 0) is 50.9 Å². The quantitative estimate of drug-likeness (QED) is 0.0191. The number of aliphatic hydroxyl groups is 2. The average molecular weight is 745 g/mol. The van der Waals surface area contributed by atoms with Crippen LogP contribution < -0.4 is 0 Å². The Balaban J connectivity index is 2.33. The van der Waals surface area contributed by atoms with Gasteiger partial charge in [0.15, 0.2) is 6.10 Å². The van der Waals surface area contributed by atoms with Crippen molar-refractivity contribution in [2.75, 3.05) is 26.4 Å². The molecule has 0 aromatic rings. The topological polar surface area (TPSA) is 161 Å². The van der Waals surface area contributed by atoms with Crippen molar-refractivity contribution < 1.29 is 52.5 Å². The second-order valence-corrected chi connectivity index (χ2v) is 15.0. The van der Waals surface area contributed by atoms with E-state index < -0.39 is 51.8 Å². The Kier molecular flexibility index (Phi) is 28.3. The number of hydrogen-bond acceptors (Lipinski definition) is 10. The number of carbonyl (C=O) groups is 2. The molecule has 1 rings (SSSR count). The molecule has 0 aromatic heterocycles. The molecular formula is C39H69O11P. The summed E-state index contributed by atoms with van der Waals surface area (Å²) in [4.78, 5) is 34.8. The third-order valence-corrected chi connectivity index (χ3v) is 9.71. The van der Waals surface area contributed by atoms with Crippen LogP contribution in [0.1, 0.15) is 143 Å². The summed E-state index contributed by atoms with van der Waals surface area (Å²) >= 11 is 0. The van der Waals surface area contributed by atoms with Gasteiger partial charge in [0.05, 0.1) is 32.0 Å². The summed E-state index contributed by atoms with van der Waals surface area (Å²) in [5.41, 5.74) is 0. The summed E-state index contributed by atoms with van der Waals surface area (Å²) in [7, 11) is -4.63. The fourth-order valence-electron chi connectivity index (χ4n) is 5.23. The Morgan fingerprint density at radius 1 is 0.784 bits per heavy atom. The zero-order valence-corrected chi connectivity index (χ0v) is 32.6. The zero-order chi connectivity index (χ0) is 37.6. The SMILES string of the molecule is CCCCCC1OC1C/C=C\C/C=C\C/C=C\CCCC(=O)O[C@H](COC(=O)CCCCCCCCC(C)CC)COP(=O)(O)OC[C@@H](O)CO. The highest BCUT2D eigenvalue weighted by atomic mass is 31.2. The van der Waals surface area contributed by atoms with Crippen molar-refractivity contribution in [3.05, 3.63) is 36.5 Å². The van der Waals surface area contributed by atoms with Crippen LogP contribution in [0.25, 0.3) is 0 Å². The van der Waals surface area contributed by atoms with E-state index >= 15 is 0 Å². The highest BCUT2D eigenvalue weighted by Gasteiger charge is 2.36. The third-order valence-electron chi connectivity index (χ3n) is 8.76. The number of allylic oxidation sites excluding steroid dienone is 5. The molecule has 12 heteroatoms. The number of unbranched alkanes of at least 4 members (excludes halogenated alkanes) is 8. The van der Waals surface area contributed by atoms with Gasteiger partial charge in [-0.3, -0.25) is 18.6 Å². The average Bonchev–Trinajstić information content (AvgIpc) is 3.87. The summed E-state index contributed by atoms with van der Waals surface area (Å²) in [5.74, 6) is -0.234. The van der Waals surface area contributed by atoms with Gasteiger partial charge < -0.3 is 29.3 Å². The lowest BCUT2D eigenvalue weighted by Crippen LogP contribution is -2.29. The van der Waals surface area contributed by atoms with Crippen molar-refractivity contribution in [2.45, 2.75) is 167 Å². The fourth-order valence-corrected chi connectivity index (χ4v) is 6.02. The summed E-state index contributed by atoms with van der Waals surface area (Å²) in [6.07, 6.45) is 28.9. The minimum Gasteiger partial charge on any atom is -0.462 e. The van der Waals surface area contributed by atoms with Crippen molar-refractivity contribution in [2.24, 2.45) is 5.92 Å². The van der Waals surface area contributed by atoms with Gasteiger partial charge in [0.25, 0.3) is 0 Å². The Bertz CT molecular complexity index is 1030. The van der Waals surface area contributed by atoms with Gasteiger partial charge in [-0.2, -0.15) is 0 Å². The maximum atomic E-state index is 12.5. The highest BCUT2D eigenvalue weighted by molar-refractivity contribution is 7.47. The number of esters is 2. The van der Waals surface area contributed by atoms with Crippen LogP contribution in [-0.4, -0.2) is 77.9 Å². The second kappa shape index (κ2) is 30.6. The lowest BCUT2D eigenvalue weighted by atomic mass is 10.00. The van der Waals surface area contributed by atoms with E-state index in [1.54, 1.807) is 0 Å². The molecule has 296 valence electrons. The zero-order valence-electron chi connectivity index (χ0n) is 31.7. The first kappa shape index (κ1) is 47.2. The molecule has 1 aliphatic rings. The van der Waals surface area contributed by atoms with Crippen LogP contribution in [0.15, 0.2) is 36.5 Å². The van der Waals surface area contributed by atoms with Crippen LogP contribution >= 0.6 is 7.82 Å². The number of carbonyl (C=O) groups excluding carboxylic acids is 2. The van der Waals surface area contributed by atoms with E-state index in [1.807, 2.05) is 12.2 Å². The van der Waals surface area contributed by atoms with Gasteiger partial charge in [0.1, 0.15) is 12.7 Å². The van der Waals surface area contributed by atoms with E-state index in [0.717, 1.165) is 44.4 Å². The first-order chi connectivity index (χ1) is 24.6. The van der Waals surface area contributed by atoms with Crippen LogP contribution in [0.2, 0.25) is 0 Å². The Labute approximate surface area is 307 Å². The van der Waals surface area contributed by atoms with Crippen LogP contribution in [0, 0.1) is 5.92 Å². The van der Waals surface area contributed by atoms with Crippen molar-refractivity contribution in [3.63, 3.8) is 0 Å². The van der Waals surface area contributed by atoms with Crippen molar-refractivity contribution in [1.29, 1.82) is 0 Å². The summed E-state index contributed by atoms with van der Waals surface area (Å²) in [6, 6.07) is 0. The Morgan fingerprint density at radius 3 is 2.14 bits per heavy atom. The summed E-state index contributed by atoms with van der Waals surface area (Å²) in [6.45, 7) is 4.52. The van der Waals surface area contributed by atoms with E-state index in [0.29, 0.717) is 31.5 Å². The molecule has 0 aromatic carbocycles. The number of ether oxygens (including phenoxy) is 3. The van der Waals surface area contributed by atoms with Crippen LogP contribution in [0.3, 0.4) is 0 Å². The number of aliphatic hydroxyl groups excluding tert-OH is 2. The largest absolute Gasteiger partial charge is 0.472 e. The molecule has 0 bridgehead atoms. The standard InChI is InChI=1S/C39H69O11P/c1-4-6-19-25-36-37(50-36)26-21-16-11-9-7-8-10-12-18-23-28-39(43)49-35(32-48-51(44,45)47-30-34(41)29-40)31-46-38(42)27-22-17-14-13-15-20-24-33(3)5-2/h7,9-10,12,16,21,33-37,40-41H,4-6,8,11,13-15,17-20,22-32H2,1-3H3,(H,44,45)/b9-7-,12-10-,21-16-/t33?,34-,35+,36?,37?/m0/s1. The smallest absolute Gasteiger partial charge is 0.462 e. The molecule has 0 spiro atoms. The molecule has 0 radical (unpaired) electrons. The molecule has 1 aliphatic heterocycles. The predicted octanol–water partition coefficient (Wildman–Crippen LogP) is 8.45. The molecule has 1 fully saturated rings. The van der Waals surface area contributed by atoms with Gasteiger partial charge in [0.2, 0.25) is 0 Å². The first-order valence-corrected chi connectivity index (χ1v) is 21.0. The number of rotatable bonds is 34. The molecule has 4 unspecified atom stereocenters. The third kappa shape index (κ3) is 28.3. The predicted molar refractivity (Wildman–Crippen MR) is 200 cm³/mol. The van der Waals surface area contributed by atoms with Crippen LogP contribution in [0.5, 0.6) is 0 Å². The fraction of sp³-hybridized carbons (Fsp3) is 0.795. The van der Waals surface area contributed by atoms with Crippen molar-refractivity contribution >= 4 is 19.8 Å². The van der Waals surface area contributed by atoms with E-state index in [2.05, 4.69) is 49.6 Å². The van der Waals surface area contributed by atoms with Gasteiger partial charge >= 0.3 is 19.8 Å². The minimum atomic E-state index is -4.63. The van der Waals surface area contributed by atoms with Crippen molar-refractivity contribution in [3.8, 4) is 0 Å². The molecule has 11 nitrogen and oxygen atoms in total. The summed E-state index contributed by atoms with van der Waals surface area (Å²) < 4.78 is 38.2. The molecule has 51 heavy (non-hydrogen) atoms. The molecular weight excluding hydrogens is 675 g/mol. The normalized spacial score (nSPS) is 19.0. The van der Waals surface area contributed by atoms with Gasteiger partial charge in [-0.1, -0.05) is 121 Å². The van der Waals surface area contributed by atoms with E-state index in [-0.39, 0.29) is 19.4 Å². The molecule has 1 saturated heterocycles. The van der Waals surface area contributed by atoms with Gasteiger partial charge in [0, 0.05) is 12.8 Å². The molecule has 3 N–H and O–H groups in total. The van der Waals surface area contributed by atoms with Crippen molar-refractivity contribution in [1.82, 2.24) is 0 Å². The number of phosphoric ester groups is 1. The molecule has 0 amide bonds. The number of phosphoric acid groups is 1. The van der Waals surface area contributed by atoms with Gasteiger partial charge in [-0.15, -0.1) is 0 Å². The van der Waals surface area contributed by atoms with Gasteiger partial charge in [-0.25, -0.2) is 4.57 Å². The van der Waals surface area contributed by atoms with E-state index in [4.69, 9.17) is 23.8 Å². The molecule has 0 aliphatic carbocycles. The second-order valence-electron chi connectivity index (χ2n) is 13.6. The Morgan fingerprint density at radius 2 is 1.43 bits per heavy atom. The first-order valence-electron chi connectivity index (χ1n) is 19.5. The molecule has 1 heterocycles. The maximum Gasteiger partial charge on any atom is 0.472 e. The maximum absolute atomic E-state index is 12.5. The van der Waals surface area contributed by atoms with Crippen LogP contribution in [-0.2, 0) is 37.4 Å². The lowest BCUT2D eigenvalue weighted by molar-refractivity contribution is -0.161. The van der Waals surface area contributed by atoms with E-state index in [1.165, 1.54) is 51.4 Å². The molecule has 6 atom stereocenters. The number of hydrogen-bond donors (Lipinski definition) is 3. The molecule has 0 saturated carbocycles. The lowest BCUT2D eigenvalue weighted by Gasteiger charge is -2.20. The minimum absolute atomic E-state index is 0.104.